The van der Waals surface area contributed by atoms with Crippen LogP contribution in [0.2, 0.25) is 0 Å². The highest BCUT2D eigenvalue weighted by atomic mass is 19.1. The van der Waals surface area contributed by atoms with Crippen molar-refractivity contribution in [2.75, 3.05) is 0 Å². The Morgan fingerprint density at radius 1 is 1.50 bits per heavy atom. The summed E-state index contributed by atoms with van der Waals surface area (Å²) in [5.74, 6) is -0.988. The molecular weight excluding hydrogens is 159 g/mol. The van der Waals surface area contributed by atoms with E-state index in [0.717, 1.165) is 6.29 Å². The summed E-state index contributed by atoms with van der Waals surface area (Å²) < 4.78 is 13.0. The number of hydrogen-bond donors (Lipinski definition) is 1. The van der Waals surface area contributed by atoms with Crippen LogP contribution in [0, 0.1) is 5.82 Å². The fourth-order valence-electron chi connectivity index (χ4n) is 0.974. The van der Waals surface area contributed by atoms with Crippen molar-refractivity contribution < 1.29 is 14.3 Å². The molecule has 3 heteroatoms. The summed E-state index contributed by atoms with van der Waals surface area (Å²) in [6.45, 7) is 0. The van der Waals surface area contributed by atoms with Crippen LogP contribution in [0.3, 0.4) is 0 Å². The van der Waals surface area contributed by atoms with Gasteiger partial charge in [-0.2, -0.15) is 0 Å². The average Bonchev–Trinajstić information content (AvgIpc) is 2.08. The van der Waals surface area contributed by atoms with E-state index in [2.05, 4.69) is 0 Å². The highest BCUT2D eigenvalue weighted by molar-refractivity contribution is 5.50. The second-order valence-electron chi connectivity index (χ2n) is 2.46. The van der Waals surface area contributed by atoms with E-state index in [-0.39, 0.29) is 12.2 Å². The molecule has 0 aromatic heterocycles. The Hall–Kier alpha value is -1.38. The van der Waals surface area contributed by atoms with Gasteiger partial charge in [0.2, 0.25) is 0 Å². The maximum Gasteiger partial charge on any atom is 0.167 e. The minimum atomic E-state index is -0.626. The lowest BCUT2D eigenvalue weighted by Gasteiger charge is -2.00. The van der Waals surface area contributed by atoms with E-state index in [0.29, 0.717) is 12.0 Å². The third kappa shape index (κ3) is 1.81. The highest BCUT2D eigenvalue weighted by Gasteiger charge is 2.05. The molecule has 64 valence electrons. The van der Waals surface area contributed by atoms with Crippen LogP contribution in [0.5, 0.6) is 5.75 Å². The number of carbonyl (C=O) groups is 1. The van der Waals surface area contributed by atoms with Gasteiger partial charge in [0.1, 0.15) is 6.29 Å². The van der Waals surface area contributed by atoms with Crippen LogP contribution in [-0.4, -0.2) is 11.4 Å². The van der Waals surface area contributed by atoms with Crippen LogP contribution < -0.4 is 0 Å². The molecule has 1 N–H and O–H groups in total. The Morgan fingerprint density at radius 2 is 2.25 bits per heavy atom. The van der Waals surface area contributed by atoms with Crippen LogP contribution >= 0.6 is 0 Å². The van der Waals surface area contributed by atoms with Crippen molar-refractivity contribution in [1.82, 2.24) is 0 Å². The van der Waals surface area contributed by atoms with Gasteiger partial charge in [-0.1, -0.05) is 12.1 Å². The summed E-state index contributed by atoms with van der Waals surface area (Å²) in [6, 6.07) is 4.39. The smallest absolute Gasteiger partial charge is 0.167 e. The summed E-state index contributed by atoms with van der Waals surface area (Å²) in [7, 11) is 0. The van der Waals surface area contributed by atoms with Crippen molar-refractivity contribution in [3.8, 4) is 5.75 Å². The Balaban J connectivity index is 2.84. The number of phenolic OH excluding ortho intramolecular Hbond substituents is 1. The highest BCUT2D eigenvalue weighted by Crippen LogP contribution is 2.19. The standard InChI is InChI=1S/C9H9FO2/c10-9-7(4-2-6-11)3-1-5-8(9)12/h1,3,5-6,12H,2,4H2. The van der Waals surface area contributed by atoms with Gasteiger partial charge in [0, 0.05) is 6.42 Å². The molecule has 1 rings (SSSR count). The molecule has 0 atom stereocenters. The van der Waals surface area contributed by atoms with Crippen molar-refractivity contribution in [1.29, 1.82) is 0 Å². The summed E-state index contributed by atoms with van der Waals surface area (Å²) >= 11 is 0. The minimum Gasteiger partial charge on any atom is -0.505 e. The van der Waals surface area contributed by atoms with E-state index < -0.39 is 5.82 Å². The first-order valence-corrected chi connectivity index (χ1v) is 3.65. The van der Waals surface area contributed by atoms with Gasteiger partial charge < -0.3 is 9.90 Å². The van der Waals surface area contributed by atoms with Crippen LogP contribution in [0.25, 0.3) is 0 Å². The van der Waals surface area contributed by atoms with Crippen LogP contribution in [0.1, 0.15) is 12.0 Å². The van der Waals surface area contributed by atoms with Gasteiger partial charge in [-0.15, -0.1) is 0 Å². The monoisotopic (exact) mass is 168 g/mol. The second-order valence-corrected chi connectivity index (χ2v) is 2.46. The topological polar surface area (TPSA) is 37.3 Å². The first-order chi connectivity index (χ1) is 5.75. The first kappa shape index (κ1) is 8.71. The number of aromatic hydroxyl groups is 1. The molecule has 0 aliphatic heterocycles. The van der Waals surface area contributed by atoms with E-state index in [1.165, 1.54) is 6.07 Å². The maximum absolute atomic E-state index is 13.0. The predicted octanol–water partition coefficient (Wildman–Crippen LogP) is 1.66. The molecule has 0 radical (unpaired) electrons. The summed E-state index contributed by atoms with van der Waals surface area (Å²) in [5, 5.41) is 8.94. The second kappa shape index (κ2) is 3.85. The van der Waals surface area contributed by atoms with Crippen LogP contribution in [0.4, 0.5) is 4.39 Å². The Labute approximate surface area is 69.6 Å². The predicted molar refractivity (Wildman–Crippen MR) is 42.4 cm³/mol. The summed E-state index contributed by atoms with van der Waals surface area (Å²) in [5.41, 5.74) is 0.377. The first-order valence-electron chi connectivity index (χ1n) is 3.65. The van der Waals surface area contributed by atoms with E-state index in [1.54, 1.807) is 12.1 Å². The molecule has 0 heterocycles. The van der Waals surface area contributed by atoms with E-state index in [9.17, 15) is 9.18 Å². The largest absolute Gasteiger partial charge is 0.505 e. The Bertz CT molecular complexity index is 284. The third-order valence-corrected chi connectivity index (χ3v) is 1.59. The Morgan fingerprint density at radius 3 is 2.92 bits per heavy atom. The molecule has 0 aliphatic rings. The van der Waals surface area contributed by atoms with Crippen molar-refractivity contribution in [3.05, 3.63) is 29.6 Å². The lowest BCUT2D eigenvalue weighted by atomic mass is 10.1. The fourth-order valence-corrected chi connectivity index (χ4v) is 0.974. The zero-order valence-corrected chi connectivity index (χ0v) is 6.46. The fraction of sp³-hybridized carbons (Fsp3) is 0.222. The number of benzene rings is 1. The molecule has 1 aromatic carbocycles. The third-order valence-electron chi connectivity index (χ3n) is 1.59. The maximum atomic E-state index is 13.0. The van der Waals surface area contributed by atoms with Crippen molar-refractivity contribution in [3.63, 3.8) is 0 Å². The van der Waals surface area contributed by atoms with Gasteiger partial charge >= 0.3 is 0 Å². The van der Waals surface area contributed by atoms with Crippen LogP contribution in [0.15, 0.2) is 18.2 Å². The van der Waals surface area contributed by atoms with Gasteiger partial charge in [0.15, 0.2) is 11.6 Å². The molecule has 0 unspecified atom stereocenters. The number of phenols is 1. The van der Waals surface area contributed by atoms with E-state index in [4.69, 9.17) is 5.11 Å². The summed E-state index contributed by atoms with van der Waals surface area (Å²) in [6.07, 6.45) is 1.34. The van der Waals surface area contributed by atoms with Gasteiger partial charge in [0.05, 0.1) is 0 Å². The van der Waals surface area contributed by atoms with E-state index in [1.807, 2.05) is 0 Å². The molecule has 12 heavy (non-hydrogen) atoms. The number of carbonyl (C=O) groups excluding carboxylic acids is 1. The molecular formula is C9H9FO2. The zero-order valence-electron chi connectivity index (χ0n) is 6.46. The molecule has 2 nitrogen and oxygen atoms in total. The number of aryl methyl sites for hydroxylation is 1. The number of hydrogen-bond acceptors (Lipinski definition) is 2. The van der Waals surface area contributed by atoms with Gasteiger partial charge in [-0.25, -0.2) is 4.39 Å². The molecule has 0 fully saturated rings. The van der Waals surface area contributed by atoms with Gasteiger partial charge in [-0.05, 0) is 18.1 Å². The number of rotatable bonds is 3. The van der Waals surface area contributed by atoms with Gasteiger partial charge in [-0.3, -0.25) is 0 Å². The molecule has 0 saturated heterocycles. The summed E-state index contributed by atoms with van der Waals surface area (Å²) in [4.78, 5) is 9.99. The molecule has 0 spiro atoms. The number of halogens is 1. The Kier molecular flexibility index (Phi) is 2.80. The molecule has 0 amide bonds. The normalized spacial score (nSPS) is 9.75. The average molecular weight is 168 g/mol. The molecule has 1 aromatic rings. The van der Waals surface area contributed by atoms with Crippen molar-refractivity contribution >= 4 is 6.29 Å². The van der Waals surface area contributed by atoms with Gasteiger partial charge in [0.25, 0.3) is 0 Å². The molecule has 0 bridgehead atoms. The van der Waals surface area contributed by atoms with Crippen molar-refractivity contribution in [2.24, 2.45) is 0 Å². The lowest BCUT2D eigenvalue weighted by molar-refractivity contribution is -0.107. The van der Waals surface area contributed by atoms with E-state index >= 15 is 0 Å². The minimum absolute atomic E-state index is 0.278. The van der Waals surface area contributed by atoms with Crippen molar-refractivity contribution in [2.45, 2.75) is 12.8 Å². The number of aldehydes is 1. The quantitative estimate of drug-likeness (QED) is 0.697. The zero-order chi connectivity index (χ0) is 8.97. The molecule has 0 saturated carbocycles. The lowest BCUT2D eigenvalue weighted by Crippen LogP contribution is -1.91. The van der Waals surface area contributed by atoms with Crippen LogP contribution in [-0.2, 0) is 11.2 Å². The SMILES string of the molecule is O=CCCc1cccc(O)c1F. The molecule has 0 aliphatic carbocycles.